The molecule has 0 aromatic carbocycles. The van der Waals surface area contributed by atoms with Crippen LogP contribution in [0.3, 0.4) is 0 Å². The molecule has 118 valence electrons. The molecule has 1 N–H and O–H groups in total. The second-order valence-electron chi connectivity index (χ2n) is 6.19. The van der Waals surface area contributed by atoms with Crippen LogP contribution >= 0.6 is 23.5 Å². The zero-order chi connectivity index (χ0) is 14.4. The number of ether oxygens (including phenoxy) is 1. The Morgan fingerprint density at radius 3 is 2.80 bits per heavy atom. The standard InChI is InChI=1S/C16H31NOS2/c1-4-9-17-15(8-7-14-6-5-10-18-14)16-11-19-12(2)13(3)20-16/h12-17H,4-11H2,1-3H3. The normalized spacial score (nSPS) is 36.1. The number of hydrogen-bond donors (Lipinski definition) is 1. The highest BCUT2D eigenvalue weighted by molar-refractivity contribution is 8.07. The van der Waals surface area contributed by atoms with Gasteiger partial charge in [0, 0.05) is 34.2 Å². The molecule has 2 aliphatic heterocycles. The van der Waals surface area contributed by atoms with Gasteiger partial charge in [-0.1, -0.05) is 20.8 Å². The molecule has 2 nitrogen and oxygen atoms in total. The fraction of sp³-hybridized carbons (Fsp3) is 1.00. The first-order valence-corrected chi connectivity index (χ1v) is 10.3. The van der Waals surface area contributed by atoms with Gasteiger partial charge in [-0.15, -0.1) is 0 Å². The molecule has 0 saturated carbocycles. The van der Waals surface area contributed by atoms with Crippen molar-refractivity contribution >= 4 is 23.5 Å². The Morgan fingerprint density at radius 2 is 2.15 bits per heavy atom. The third-order valence-electron chi connectivity index (χ3n) is 4.50. The van der Waals surface area contributed by atoms with Gasteiger partial charge in [0.15, 0.2) is 0 Å². The minimum Gasteiger partial charge on any atom is -0.378 e. The highest BCUT2D eigenvalue weighted by atomic mass is 32.2. The molecule has 20 heavy (non-hydrogen) atoms. The van der Waals surface area contributed by atoms with Crippen LogP contribution in [-0.2, 0) is 4.74 Å². The van der Waals surface area contributed by atoms with Gasteiger partial charge in [-0.25, -0.2) is 0 Å². The summed E-state index contributed by atoms with van der Waals surface area (Å²) in [6.45, 7) is 9.17. The first-order chi connectivity index (χ1) is 9.70. The van der Waals surface area contributed by atoms with Gasteiger partial charge in [-0.3, -0.25) is 0 Å². The number of hydrogen-bond acceptors (Lipinski definition) is 4. The summed E-state index contributed by atoms with van der Waals surface area (Å²) in [6.07, 6.45) is 6.84. The molecular formula is C16H31NOS2. The van der Waals surface area contributed by atoms with E-state index in [1.54, 1.807) is 0 Å². The van der Waals surface area contributed by atoms with Crippen LogP contribution in [0.15, 0.2) is 0 Å². The zero-order valence-electron chi connectivity index (χ0n) is 13.3. The predicted octanol–water partition coefficient (Wildman–Crippen LogP) is 3.94. The number of nitrogens with one attached hydrogen (secondary N) is 1. The molecule has 4 heteroatoms. The van der Waals surface area contributed by atoms with E-state index in [1.165, 1.54) is 37.9 Å². The lowest BCUT2D eigenvalue weighted by Crippen LogP contribution is -2.44. The maximum absolute atomic E-state index is 5.79. The van der Waals surface area contributed by atoms with E-state index in [1.807, 2.05) is 0 Å². The maximum atomic E-state index is 5.79. The van der Waals surface area contributed by atoms with Gasteiger partial charge in [0.25, 0.3) is 0 Å². The van der Waals surface area contributed by atoms with Gasteiger partial charge in [0.2, 0.25) is 0 Å². The van der Waals surface area contributed by atoms with Crippen molar-refractivity contribution in [3.8, 4) is 0 Å². The first-order valence-electron chi connectivity index (χ1n) is 8.32. The zero-order valence-corrected chi connectivity index (χ0v) is 14.9. The fourth-order valence-corrected chi connectivity index (χ4v) is 6.17. The van der Waals surface area contributed by atoms with Gasteiger partial charge in [0.1, 0.15) is 0 Å². The lowest BCUT2D eigenvalue weighted by atomic mass is 10.0. The summed E-state index contributed by atoms with van der Waals surface area (Å²) in [4.78, 5) is 0. The molecule has 5 unspecified atom stereocenters. The van der Waals surface area contributed by atoms with Crippen molar-refractivity contribution in [1.82, 2.24) is 5.32 Å². The minimum atomic E-state index is 0.540. The van der Waals surface area contributed by atoms with Crippen molar-refractivity contribution in [3.63, 3.8) is 0 Å². The van der Waals surface area contributed by atoms with Crippen LogP contribution in [0.1, 0.15) is 52.9 Å². The molecule has 0 spiro atoms. The molecule has 0 radical (unpaired) electrons. The van der Waals surface area contributed by atoms with Crippen molar-refractivity contribution in [1.29, 1.82) is 0 Å². The van der Waals surface area contributed by atoms with Crippen LogP contribution < -0.4 is 5.32 Å². The van der Waals surface area contributed by atoms with E-state index in [0.717, 1.165) is 28.9 Å². The third kappa shape index (κ3) is 5.11. The Bertz CT molecular complexity index is 271. The molecule has 0 bridgehead atoms. The summed E-state index contributed by atoms with van der Waals surface area (Å²) >= 11 is 4.37. The van der Waals surface area contributed by atoms with E-state index in [4.69, 9.17) is 4.74 Å². The third-order valence-corrected chi connectivity index (χ3v) is 8.05. The molecular weight excluding hydrogens is 286 g/mol. The Hall–Kier alpha value is 0.620. The van der Waals surface area contributed by atoms with Crippen LogP contribution in [0.2, 0.25) is 0 Å². The quantitative estimate of drug-likeness (QED) is 0.767. The van der Waals surface area contributed by atoms with Crippen molar-refractivity contribution in [3.05, 3.63) is 0 Å². The van der Waals surface area contributed by atoms with Gasteiger partial charge in [-0.05, 0) is 38.6 Å². The van der Waals surface area contributed by atoms with Gasteiger partial charge in [-0.2, -0.15) is 23.5 Å². The van der Waals surface area contributed by atoms with Gasteiger partial charge >= 0.3 is 0 Å². The van der Waals surface area contributed by atoms with E-state index in [2.05, 4.69) is 49.6 Å². The average molecular weight is 318 g/mol. The smallest absolute Gasteiger partial charge is 0.0576 e. The highest BCUT2D eigenvalue weighted by Gasteiger charge is 2.31. The molecule has 0 aromatic rings. The van der Waals surface area contributed by atoms with E-state index in [-0.39, 0.29) is 0 Å². The van der Waals surface area contributed by atoms with Crippen molar-refractivity contribution in [2.45, 2.75) is 80.8 Å². The summed E-state index contributed by atoms with van der Waals surface area (Å²) in [5.74, 6) is 1.31. The Kier molecular flexibility index (Phi) is 7.57. The second kappa shape index (κ2) is 8.92. The topological polar surface area (TPSA) is 21.3 Å². The fourth-order valence-electron chi connectivity index (χ4n) is 3.01. The molecule has 2 rings (SSSR count). The summed E-state index contributed by atoms with van der Waals surface area (Å²) < 4.78 is 5.79. The number of rotatable bonds is 7. The summed E-state index contributed by atoms with van der Waals surface area (Å²) in [6, 6.07) is 0.673. The Balaban J connectivity index is 1.81. The SMILES string of the molecule is CCCNC(CCC1CCCO1)C1CSC(C)C(C)S1. The summed E-state index contributed by atoms with van der Waals surface area (Å²) in [5, 5.41) is 6.18. The van der Waals surface area contributed by atoms with Crippen molar-refractivity contribution in [2.75, 3.05) is 18.9 Å². The predicted molar refractivity (Wildman–Crippen MR) is 93.1 cm³/mol. The Labute approximate surface area is 133 Å². The highest BCUT2D eigenvalue weighted by Crippen LogP contribution is 2.38. The lowest BCUT2D eigenvalue weighted by molar-refractivity contribution is 0.0996. The monoisotopic (exact) mass is 317 g/mol. The lowest BCUT2D eigenvalue weighted by Gasteiger charge is -2.36. The van der Waals surface area contributed by atoms with E-state index in [9.17, 15) is 0 Å². The first kappa shape index (κ1) is 17.0. The molecule has 0 amide bonds. The average Bonchev–Trinajstić information content (AvgIpc) is 2.95. The molecule has 5 atom stereocenters. The molecule has 2 saturated heterocycles. The van der Waals surface area contributed by atoms with Crippen molar-refractivity contribution in [2.24, 2.45) is 0 Å². The van der Waals surface area contributed by atoms with Crippen LogP contribution in [0.4, 0.5) is 0 Å². The molecule has 0 aromatic heterocycles. The molecule has 0 aliphatic carbocycles. The second-order valence-corrected chi connectivity index (χ2v) is 9.22. The van der Waals surface area contributed by atoms with Crippen LogP contribution in [0.25, 0.3) is 0 Å². The van der Waals surface area contributed by atoms with Crippen LogP contribution in [0, 0.1) is 0 Å². The summed E-state index contributed by atoms with van der Waals surface area (Å²) in [5.41, 5.74) is 0. The number of thioether (sulfide) groups is 2. The van der Waals surface area contributed by atoms with E-state index < -0.39 is 0 Å². The molecule has 2 fully saturated rings. The van der Waals surface area contributed by atoms with E-state index in [0.29, 0.717) is 12.1 Å². The van der Waals surface area contributed by atoms with E-state index >= 15 is 0 Å². The van der Waals surface area contributed by atoms with Crippen LogP contribution in [0.5, 0.6) is 0 Å². The van der Waals surface area contributed by atoms with Gasteiger partial charge < -0.3 is 10.1 Å². The van der Waals surface area contributed by atoms with Gasteiger partial charge in [0.05, 0.1) is 6.10 Å². The van der Waals surface area contributed by atoms with Crippen molar-refractivity contribution < 1.29 is 4.74 Å². The largest absolute Gasteiger partial charge is 0.378 e. The minimum absolute atomic E-state index is 0.540. The molecule has 2 heterocycles. The molecule has 2 aliphatic rings. The van der Waals surface area contributed by atoms with Crippen LogP contribution in [-0.4, -0.2) is 46.8 Å². The Morgan fingerprint density at radius 1 is 1.30 bits per heavy atom. The maximum Gasteiger partial charge on any atom is 0.0576 e. The summed E-state index contributed by atoms with van der Waals surface area (Å²) in [7, 11) is 0.